The molecule has 3 aromatic rings. The monoisotopic (exact) mass is 633 g/mol. The highest BCUT2D eigenvalue weighted by Gasteiger charge is 2.34. The van der Waals surface area contributed by atoms with Gasteiger partial charge in [0.1, 0.15) is 12.6 Å². The lowest BCUT2D eigenvalue weighted by Gasteiger charge is -2.34. The van der Waals surface area contributed by atoms with Crippen LogP contribution in [0.15, 0.2) is 82.2 Å². The van der Waals surface area contributed by atoms with Crippen molar-refractivity contribution in [2.75, 3.05) is 10.8 Å². The van der Waals surface area contributed by atoms with Crippen LogP contribution >= 0.6 is 27.5 Å². The zero-order chi connectivity index (χ0) is 29.0. The Morgan fingerprint density at radius 3 is 2.18 bits per heavy atom. The fraction of sp³-hybridized carbons (Fsp3) is 0.310. The number of rotatable bonds is 9. The summed E-state index contributed by atoms with van der Waals surface area (Å²) in [5, 5.41) is 3.29. The molecule has 208 valence electrons. The van der Waals surface area contributed by atoms with E-state index in [1.54, 1.807) is 50.2 Å². The number of hydrogen-bond acceptors (Lipinski definition) is 4. The quantitative estimate of drug-likeness (QED) is 0.316. The van der Waals surface area contributed by atoms with Crippen molar-refractivity contribution in [3.05, 3.63) is 93.4 Å². The summed E-state index contributed by atoms with van der Waals surface area (Å²) < 4.78 is 29.7. The van der Waals surface area contributed by atoms with Gasteiger partial charge in [-0.3, -0.25) is 13.9 Å². The Balaban J connectivity index is 2.06. The Morgan fingerprint density at radius 1 is 0.974 bits per heavy atom. The van der Waals surface area contributed by atoms with Crippen LogP contribution in [0.4, 0.5) is 5.69 Å². The molecular formula is C29H33BrClN3O4S. The second kappa shape index (κ2) is 12.5. The molecule has 1 unspecified atom stereocenters. The molecule has 1 N–H and O–H groups in total. The van der Waals surface area contributed by atoms with E-state index in [2.05, 4.69) is 21.2 Å². The molecule has 1 atom stereocenters. The molecule has 0 saturated heterocycles. The largest absolute Gasteiger partial charge is 0.350 e. The zero-order valence-electron chi connectivity index (χ0n) is 22.6. The van der Waals surface area contributed by atoms with Gasteiger partial charge in [0.15, 0.2) is 0 Å². The summed E-state index contributed by atoms with van der Waals surface area (Å²) in [4.78, 5) is 28.6. The summed E-state index contributed by atoms with van der Waals surface area (Å²) in [6.07, 6.45) is 0. The molecule has 3 aromatic carbocycles. The molecule has 0 aliphatic carbocycles. The summed E-state index contributed by atoms with van der Waals surface area (Å²) >= 11 is 9.77. The Kier molecular flexibility index (Phi) is 9.85. The van der Waals surface area contributed by atoms with E-state index in [-0.39, 0.29) is 23.0 Å². The Morgan fingerprint density at radius 2 is 1.59 bits per heavy atom. The average molecular weight is 635 g/mol. The van der Waals surface area contributed by atoms with Gasteiger partial charge < -0.3 is 10.2 Å². The number of halogens is 2. The first kappa shape index (κ1) is 30.7. The van der Waals surface area contributed by atoms with E-state index in [9.17, 15) is 18.0 Å². The second-order valence-electron chi connectivity index (χ2n) is 10.3. The van der Waals surface area contributed by atoms with Gasteiger partial charge in [0.05, 0.1) is 10.6 Å². The topological polar surface area (TPSA) is 86.8 Å². The van der Waals surface area contributed by atoms with Crippen molar-refractivity contribution in [2.45, 2.75) is 57.6 Å². The normalized spacial score (nSPS) is 12.5. The van der Waals surface area contributed by atoms with Crippen LogP contribution in [-0.4, -0.2) is 43.3 Å². The summed E-state index contributed by atoms with van der Waals surface area (Å²) in [5.41, 5.74) is 1.08. The number of hydrogen-bond donors (Lipinski definition) is 1. The summed E-state index contributed by atoms with van der Waals surface area (Å²) in [6, 6.07) is 19.3. The van der Waals surface area contributed by atoms with E-state index >= 15 is 0 Å². The SMILES string of the molecule is Cc1c(Cl)cccc1N(CC(=O)N(Cc1ccc(Br)cc1)C(C)C(=O)NC(C)(C)C)S(=O)(=O)c1ccccc1. The Labute approximate surface area is 244 Å². The van der Waals surface area contributed by atoms with Crippen LogP contribution < -0.4 is 9.62 Å². The van der Waals surface area contributed by atoms with E-state index in [0.29, 0.717) is 10.6 Å². The molecule has 0 fully saturated rings. The molecule has 10 heteroatoms. The van der Waals surface area contributed by atoms with Crippen molar-refractivity contribution in [3.8, 4) is 0 Å². The van der Waals surface area contributed by atoms with Gasteiger partial charge in [-0.1, -0.05) is 63.9 Å². The smallest absolute Gasteiger partial charge is 0.264 e. The molecule has 2 amide bonds. The molecule has 0 bridgehead atoms. The van der Waals surface area contributed by atoms with Gasteiger partial charge in [-0.2, -0.15) is 0 Å². The molecule has 0 aliphatic heterocycles. The molecule has 0 heterocycles. The highest BCUT2D eigenvalue weighted by molar-refractivity contribution is 9.10. The van der Waals surface area contributed by atoms with Crippen molar-refractivity contribution < 1.29 is 18.0 Å². The van der Waals surface area contributed by atoms with Crippen molar-refractivity contribution in [1.82, 2.24) is 10.2 Å². The van der Waals surface area contributed by atoms with E-state index in [4.69, 9.17) is 11.6 Å². The van der Waals surface area contributed by atoms with E-state index in [0.717, 1.165) is 14.3 Å². The van der Waals surface area contributed by atoms with Crippen molar-refractivity contribution in [3.63, 3.8) is 0 Å². The maximum absolute atomic E-state index is 14.0. The number of anilines is 1. The van der Waals surface area contributed by atoms with Crippen LogP contribution in [0.5, 0.6) is 0 Å². The predicted molar refractivity (Wildman–Crippen MR) is 159 cm³/mol. The standard InChI is InChI=1S/C29H33BrClN3O4S/c1-20-25(31)12-9-13-26(20)34(39(37,38)24-10-7-6-8-11-24)19-27(35)33(18-22-14-16-23(30)17-15-22)21(2)28(36)32-29(3,4)5/h6-17,21H,18-19H2,1-5H3,(H,32,36). The van der Waals surface area contributed by atoms with Crippen LogP contribution in [-0.2, 0) is 26.2 Å². The number of sulfonamides is 1. The van der Waals surface area contributed by atoms with Crippen LogP contribution in [0.25, 0.3) is 0 Å². The molecule has 0 aliphatic rings. The fourth-order valence-electron chi connectivity index (χ4n) is 3.94. The van der Waals surface area contributed by atoms with Gasteiger partial charge in [-0.05, 0) is 82.1 Å². The minimum Gasteiger partial charge on any atom is -0.350 e. The van der Waals surface area contributed by atoms with Gasteiger partial charge in [0.25, 0.3) is 10.0 Å². The maximum atomic E-state index is 14.0. The Hall–Kier alpha value is -2.88. The first-order valence-corrected chi connectivity index (χ1v) is 15.0. The molecular weight excluding hydrogens is 602 g/mol. The summed E-state index contributed by atoms with van der Waals surface area (Å²) in [5.74, 6) is -0.877. The van der Waals surface area contributed by atoms with Crippen LogP contribution in [0.3, 0.4) is 0 Å². The first-order chi connectivity index (χ1) is 18.2. The highest BCUT2D eigenvalue weighted by Crippen LogP contribution is 2.31. The molecule has 0 spiro atoms. The third-order valence-corrected chi connectivity index (χ3v) is 8.76. The van der Waals surface area contributed by atoms with Gasteiger partial charge in [-0.25, -0.2) is 8.42 Å². The van der Waals surface area contributed by atoms with E-state index < -0.39 is 34.1 Å². The lowest BCUT2D eigenvalue weighted by Crippen LogP contribution is -2.54. The molecule has 7 nitrogen and oxygen atoms in total. The van der Waals surface area contributed by atoms with Crippen molar-refractivity contribution >= 4 is 55.1 Å². The minimum absolute atomic E-state index is 0.0372. The number of benzene rings is 3. The van der Waals surface area contributed by atoms with Crippen LogP contribution in [0.2, 0.25) is 5.02 Å². The minimum atomic E-state index is -4.15. The van der Waals surface area contributed by atoms with E-state index in [1.807, 2.05) is 45.0 Å². The third-order valence-electron chi connectivity index (χ3n) is 6.05. The van der Waals surface area contributed by atoms with Crippen LogP contribution in [0, 0.1) is 6.92 Å². The molecule has 0 saturated carbocycles. The van der Waals surface area contributed by atoms with Crippen molar-refractivity contribution in [2.24, 2.45) is 0 Å². The predicted octanol–water partition coefficient (Wildman–Crippen LogP) is 5.94. The Bertz CT molecular complexity index is 1430. The second-order valence-corrected chi connectivity index (χ2v) is 13.5. The first-order valence-electron chi connectivity index (χ1n) is 12.4. The zero-order valence-corrected chi connectivity index (χ0v) is 25.8. The number of amides is 2. The molecule has 39 heavy (non-hydrogen) atoms. The van der Waals surface area contributed by atoms with Gasteiger partial charge in [-0.15, -0.1) is 0 Å². The van der Waals surface area contributed by atoms with Gasteiger partial charge >= 0.3 is 0 Å². The molecule has 3 rings (SSSR count). The summed E-state index contributed by atoms with van der Waals surface area (Å²) in [7, 11) is -4.15. The molecule has 0 radical (unpaired) electrons. The van der Waals surface area contributed by atoms with Crippen molar-refractivity contribution in [1.29, 1.82) is 0 Å². The fourth-order valence-corrected chi connectivity index (χ4v) is 5.87. The molecule has 0 aromatic heterocycles. The average Bonchev–Trinajstić information content (AvgIpc) is 2.87. The van der Waals surface area contributed by atoms with E-state index in [1.165, 1.54) is 17.0 Å². The number of carbonyl (C=O) groups excluding carboxylic acids is 2. The number of nitrogens with one attached hydrogen (secondary N) is 1. The highest BCUT2D eigenvalue weighted by atomic mass is 79.9. The van der Waals surface area contributed by atoms with Gasteiger partial charge in [0, 0.05) is 21.6 Å². The lowest BCUT2D eigenvalue weighted by molar-refractivity contribution is -0.140. The van der Waals surface area contributed by atoms with Gasteiger partial charge in [0.2, 0.25) is 11.8 Å². The summed E-state index contributed by atoms with van der Waals surface area (Å²) in [6.45, 7) is 8.49. The third kappa shape index (κ3) is 7.84. The number of nitrogens with zero attached hydrogens (tertiary/aromatic N) is 2. The lowest BCUT2D eigenvalue weighted by atomic mass is 10.1. The maximum Gasteiger partial charge on any atom is 0.264 e. The van der Waals surface area contributed by atoms with Crippen LogP contribution in [0.1, 0.15) is 38.8 Å². The number of carbonyl (C=O) groups is 2.